The standard InChI is InChI=1S/C10H15NO2/c1-13-7-8-5-9-3-2-4-11(9)10(12)6-8/h6,9H,2-5,7H2,1H3/t9-/m0/s1. The highest BCUT2D eigenvalue weighted by Gasteiger charge is 2.31. The second-order valence-corrected chi connectivity index (χ2v) is 3.77. The van der Waals surface area contributed by atoms with Crippen molar-refractivity contribution in [3.05, 3.63) is 11.6 Å². The van der Waals surface area contributed by atoms with Crippen LogP contribution in [0.1, 0.15) is 19.3 Å². The number of methoxy groups -OCH3 is 1. The van der Waals surface area contributed by atoms with Crippen molar-refractivity contribution in [3.63, 3.8) is 0 Å². The topological polar surface area (TPSA) is 29.5 Å². The van der Waals surface area contributed by atoms with Crippen molar-refractivity contribution in [2.75, 3.05) is 20.3 Å². The van der Waals surface area contributed by atoms with E-state index < -0.39 is 0 Å². The van der Waals surface area contributed by atoms with E-state index in [0.29, 0.717) is 12.6 Å². The fraction of sp³-hybridized carbons (Fsp3) is 0.700. The molecule has 0 aromatic heterocycles. The first-order valence-electron chi connectivity index (χ1n) is 4.80. The molecular formula is C10H15NO2. The Labute approximate surface area is 78.4 Å². The molecule has 2 heterocycles. The molecule has 1 saturated heterocycles. The number of amides is 1. The molecule has 0 bridgehead atoms. The number of nitrogens with zero attached hydrogens (tertiary/aromatic N) is 1. The van der Waals surface area contributed by atoms with Crippen LogP contribution in [-0.4, -0.2) is 37.1 Å². The third-order valence-electron chi connectivity index (χ3n) is 2.82. The Hall–Kier alpha value is -0.830. The first-order chi connectivity index (χ1) is 6.31. The van der Waals surface area contributed by atoms with E-state index in [0.717, 1.165) is 31.4 Å². The van der Waals surface area contributed by atoms with Crippen LogP contribution in [0, 0.1) is 0 Å². The maximum atomic E-state index is 11.6. The maximum absolute atomic E-state index is 11.6. The second kappa shape index (κ2) is 3.50. The van der Waals surface area contributed by atoms with Crippen LogP contribution in [-0.2, 0) is 9.53 Å². The van der Waals surface area contributed by atoms with Gasteiger partial charge in [0, 0.05) is 25.8 Å². The normalized spacial score (nSPS) is 27.5. The van der Waals surface area contributed by atoms with E-state index in [1.807, 2.05) is 4.90 Å². The van der Waals surface area contributed by atoms with Crippen LogP contribution in [0.15, 0.2) is 11.6 Å². The first-order valence-corrected chi connectivity index (χ1v) is 4.80. The Balaban J connectivity index is 2.10. The molecule has 1 atom stereocenters. The largest absolute Gasteiger partial charge is 0.380 e. The van der Waals surface area contributed by atoms with Crippen LogP contribution in [0.4, 0.5) is 0 Å². The smallest absolute Gasteiger partial charge is 0.246 e. The lowest BCUT2D eigenvalue weighted by atomic mass is 10.0. The van der Waals surface area contributed by atoms with Gasteiger partial charge in [-0.1, -0.05) is 0 Å². The number of carbonyl (C=O) groups is 1. The molecule has 2 aliphatic rings. The zero-order valence-electron chi connectivity index (χ0n) is 7.95. The summed E-state index contributed by atoms with van der Waals surface area (Å²) in [5.74, 6) is 0.181. The summed E-state index contributed by atoms with van der Waals surface area (Å²) in [6, 6.07) is 0.461. The van der Waals surface area contributed by atoms with E-state index >= 15 is 0 Å². The first kappa shape index (κ1) is 8.75. The van der Waals surface area contributed by atoms with Gasteiger partial charge in [-0.2, -0.15) is 0 Å². The van der Waals surface area contributed by atoms with Gasteiger partial charge in [-0.3, -0.25) is 4.79 Å². The van der Waals surface area contributed by atoms with E-state index in [1.54, 1.807) is 13.2 Å². The molecule has 2 aliphatic heterocycles. The van der Waals surface area contributed by atoms with E-state index in [-0.39, 0.29) is 5.91 Å². The predicted molar refractivity (Wildman–Crippen MR) is 49.3 cm³/mol. The summed E-state index contributed by atoms with van der Waals surface area (Å²) in [5.41, 5.74) is 1.15. The lowest BCUT2D eigenvalue weighted by Crippen LogP contribution is -2.38. The zero-order valence-corrected chi connectivity index (χ0v) is 7.95. The van der Waals surface area contributed by atoms with Crippen LogP contribution in [0.25, 0.3) is 0 Å². The fourth-order valence-electron chi connectivity index (χ4n) is 2.24. The van der Waals surface area contributed by atoms with E-state index in [4.69, 9.17) is 4.74 Å². The zero-order chi connectivity index (χ0) is 9.26. The summed E-state index contributed by atoms with van der Waals surface area (Å²) in [4.78, 5) is 13.5. The minimum Gasteiger partial charge on any atom is -0.380 e. The predicted octanol–water partition coefficient (Wildman–Crippen LogP) is 0.954. The van der Waals surface area contributed by atoms with Crippen molar-refractivity contribution in [1.82, 2.24) is 4.90 Å². The number of hydrogen-bond donors (Lipinski definition) is 0. The molecule has 0 N–H and O–H groups in total. The minimum absolute atomic E-state index is 0.181. The van der Waals surface area contributed by atoms with Gasteiger partial charge in [0.15, 0.2) is 0 Å². The summed E-state index contributed by atoms with van der Waals surface area (Å²) in [5, 5.41) is 0. The number of rotatable bonds is 2. The Morgan fingerprint density at radius 3 is 3.31 bits per heavy atom. The molecule has 1 amide bonds. The van der Waals surface area contributed by atoms with Gasteiger partial charge in [0.1, 0.15) is 0 Å². The van der Waals surface area contributed by atoms with Crippen LogP contribution in [0.3, 0.4) is 0 Å². The van der Waals surface area contributed by atoms with Gasteiger partial charge in [0.2, 0.25) is 5.91 Å². The van der Waals surface area contributed by atoms with Crippen LogP contribution < -0.4 is 0 Å². The molecule has 1 fully saturated rings. The average molecular weight is 181 g/mol. The molecule has 2 rings (SSSR count). The molecule has 72 valence electrons. The maximum Gasteiger partial charge on any atom is 0.246 e. The van der Waals surface area contributed by atoms with Gasteiger partial charge in [-0.15, -0.1) is 0 Å². The number of ether oxygens (including phenoxy) is 1. The Morgan fingerprint density at radius 2 is 2.54 bits per heavy atom. The van der Waals surface area contributed by atoms with Gasteiger partial charge in [-0.05, 0) is 24.8 Å². The summed E-state index contributed by atoms with van der Waals surface area (Å²) >= 11 is 0. The molecule has 0 saturated carbocycles. The molecule has 0 radical (unpaired) electrons. The second-order valence-electron chi connectivity index (χ2n) is 3.77. The third-order valence-corrected chi connectivity index (χ3v) is 2.82. The quantitative estimate of drug-likeness (QED) is 0.635. The highest BCUT2D eigenvalue weighted by atomic mass is 16.5. The SMILES string of the molecule is COCC1=CC(=O)N2CCC[C@H]2C1. The molecule has 0 aromatic rings. The van der Waals surface area contributed by atoms with Crippen molar-refractivity contribution in [2.24, 2.45) is 0 Å². The van der Waals surface area contributed by atoms with Gasteiger partial charge in [-0.25, -0.2) is 0 Å². The van der Waals surface area contributed by atoms with Gasteiger partial charge in [0.05, 0.1) is 6.61 Å². The van der Waals surface area contributed by atoms with E-state index in [2.05, 4.69) is 0 Å². The summed E-state index contributed by atoms with van der Waals surface area (Å²) in [6.07, 6.45) is 5.07. The lowest BCUT2D eigenvalue weighted by Gasteiger charge is -2.28. The average Bonchev–Trinajstić information content (AvgIpc) is 2.53. The van der Waals surface area contributed by atoms with E-state index in [1.165, 1.54) is 0 Å². The highest BCUT2D eigenvalue weighted by molar-refractivity contribution is 5.89. The Morgan fingerprint density at radius 1 is 1.69 bits per heavy atom. The molecular weight excluding hydrogens is 166 g/mol. The number of fused-ring (bicyclic) bond motifs is 1. The molecule has 0 spiro atoms. The van der Waals surface area contributed by atoms with Gasteiger partial charge >= 0.3 is 0 Å². The van der Waals surface area contributed by atoms with Crippen molar-refractivity contribution >= 4 is 5.91 Å². The van der Waals surface area contributed by atoms with E-state index in [9.17, 15) is 4.79 Å². The molecule has 0 unspecified atom stereocenters. The van der Waals surface area contributed by atoms with Gasteiger partial charge < -0.3 is 9.64 Å². The van der Waals surface area contributed by atoms with Crippen LogP contribution in [0.5, 0.6) is 0 Å². The Bertz CT molecular complexity index is 247. The number of carbonyl (C=O) groups excluding carboxylic acids is 1. The van der Waals surface area contributed by atoms with Gasteiger partial charge in [0.25, 0.3) is 0 Å². The summed E-state index contributed by atoms with van der Waals surface area (Å²) < 4.78 is 5.04. The fourth-order valence-corrected chi connectivity index (χ4v) is 2.24. The third kappa shape index (κ3) is 1.61. The molecule has 0 aromatic carbocycles. The summed E-state index contributed by atoms with van der Waals surface area (Å²) in [7, 11) is 1.67. The minimum atomic E-state index is 0.181. The number of hydrogen-bond acceptors (Lipinski definition) is 2. The monoisotopic (exact) mass is 181 g/mol. The molecule has 13 heavy (non-hydrogen) atoms. The summed E-state index contributed by atoms with van der Waals surface area (Å²) in [6.45, 7) is 1.55. The van der Waals surface area contributed by atoms with Crippen LogP contribution >= 0.6 is 0 Å². The van der Waals surface area contributed by atoms with Crippen molar-refractivity contribution in [1.29, 1.82) is 0 Å². The Kier molecular flexibility index (Phi) is 2.36. The molecule has 3 heteroatoms. The van der Waals surface area contributed by atoms with Crippen LogP contribution in [0.2, 0.25) is 0 Å². The van der Waals surface area contributed by atoms with Crippen molar-refractivity contribution in [2.45, 2.75) is 25.3 Å². The highest BCUT2D eigenvalue weighted by Crippen LogP contribution is 2.27. The lowest BCUT2D eigenvalue weighted by molar-refractivity contribution is -0.127. The molecule has 3 nitrogen and oxygen atoms in total. The van der Waals surface area contributed by atoms with Crippen molar-refractivity contribution in [3.8, 4) is 0 Å². The van der Waals surface area contributed by atoms with Crippen molar-refractivity contribution < 1.29 is 9.53 Å². The molecule has 0 aliphatic carbocycles.